The van der Waals surface area contributed by atoms with E-state index in [1.807, 2.05) is 30.3 Å². The molecule has 6 heteroatoms. The minimum absolute atomic E-state index is 0.0153. The zero-order valence-corrected chi connectivity index (χ0v) is 17.9. The van der Waals surface area contributed by atoms with Crippen LogP contribution in [0.5, 0.6) is 0 Å². The smallest absolute Gasteiger partial charge is 0.309 e. The van der Waals surface area contributed by atoms with Crippen LogP contribution in [0.25, 0.3) is 0 Å². The van der Waals surface area contributed by atoms with Gasteiger partial charge in [-0.25, -0.2) is 0 Å². The number of benzene rings is 1. The Hall–Kier alpha value is -2.37. The molecule has 0 radical (unpaired) electrons. The summed E-state index contributed by atoms with van der Waals surface area (Å²) in [6, 6.07) is 8.83. The van der Waals surface area contributed by atoms with Crippen LogP contribution in [-0.4, -0.2) is 29.4 Å². The van der Waals surface area contributed by atoms with Crippen molar-refractivity contribution in [3.05, 3.63) is 35.9 Å². The lowest BCUT2D eigenvalue weighted by Gasteiger charge is -2.57. The summed E-state index contributed by atoms with van der Waals surface area (Å²) >= 11 is 0. The first-order valence-electron chi connectivity index (χ1n) is 11.2. The predicted octanol–water partition coefficient (Wildman–Crippen LogP) is 3.27. The summed E-state index contributed by atoms with van der Waals surface area (Å²) in [5, 5.41) is 6.05. The molecular formula is C24H32N2O4. The first-order valence-corrected chi connectivity index (χ1v) is 11.2. The van der Waals surface area contributed by atoms with Crippen LogP contribution in [0.3, 0.4) is 0 Å². The van der Waals surface area contributed by atoms with Gasteiger partial charge in [0, 0.05) is 12.5 Å². The Kier molecular flexibility index (Phi) is 5.85. The van der Waals surface area contributed by atoms with Crippen molar-refractivity contribution in [3.63, 3.8) is 0 Å². The highest BCUT2D eigenvalue weighted by molar-refractivity contribution is 5.84. The third-order valence-electron chi connectivity index (χ3n) is 7.05. The first-order chi connectivity index (χ1) is 14.3. The second kappa shape index (κ2) is 8.40. The normalized spacial score (nSPS) is 30.9. The van der Waals surface area contributed by atoms with Crippen molar-refractivity contribution in [1.29, 1.82) is 0 Å². The van der Waals surface area contributed by atoms with Gasteiger partial charge in [-0.05, 0) is 68.8 Å². The quantitative estimate of drug-likeness (QED) is 0.673. The lowest BCUT2D eigenvalue weighted by atomic mass is 9.53. The summed E-state index contributed by atoms with van der Waals surface area (Å²) in [5.74, 6) is 1.28. The topological polar surface area (TPSA) is 84.5 Å². The van der Waals surface area contributed by atoms with Crippen LogP contribution in [0.1, 0.15) is 70.4 Å². The van der Waals surface area contributed by atoms with Crippen molar-refractivity contribution in [2.24, 2.45) is 17.8 Å². The maximum Gasteiger partial charge on any atom is 0.309 e. The summed E-state index contributed by atoms with van der Waals surface area (Å²) in [4.78, 5) is 36.9. The summed E-state index contributed by atoms with van der Waals surface area (Å²) in [6.45, 7) is 3.05. The van der Waals surface area contributed by atoms with Crippen molar-refractivity contribution in [3.8, 4) is 0 Å². The fraction of sp³-hybridized carbons (Fsp3) is 0.625. The van der Waals surface area contributed by atoms with Crippen molar-refractivity contribution in [2.75, 3.05) is 0 Å². The van der Waals surface area contributed by atoms with E-state index in [-0.39, 0.29) is 23.8 Å². The molecule has 1 aromatic rings. The number of carbonyl (C=O) groups is 3. The van der Waals surface area contributed by atoms with Gasteiger partial charge in [0.15, 0.2) is 6.10 Å². The predicted molar refractivity (Wildman–Crippen MR) is 112 cm³/mol. The lowest BCUT2D eigenvalue weighted by Crippen LogP contribution is -2.61. The van der Waals surface area contributed by atoms with Crippen molar-refractivity contribution < 1.29 is 19.1 Å². The van der Waals surface area contributed by atoms with Crippen LogP contribution in [0.2, 0.25) is 0 Å². The Balaban J connectivity index is 1.33. The van der Waals surface area contributed by atoms with Crippen LogP contribution >= 0.6 is 0 Å². The fourth-order valence-electron chi connectivity index (χ4n) is 6.28. The Morgan fingerprint density at radius 3 is 2.13 bits per heavy atom. The molecule has 5 rings (SSSR count). The molecule has 0 aliphatic heterocycles. The van der Waals surface area contributed by atoms with Gasteiger partial charge in [0.1, 0.15) is 0 Å². The molecule has 162 valence electrons. The van der Waals surface area contributed by atoms with Crippen molar-refractivity contribution in [2.45, 2.75) is 76.5 Å². The monoisotopic (exact) mass is 412 g/mol. The molecule has 0 unspecified atom stereocenters. The van der Waals surface area contributed by atoms with Crippen LogP contribution < -0.4 is 10.6 Å². The Labute approximate surface area is 178 Å². The molecule has 1 aromatic carbocycles. The first kappa shape index (κ1) is 20.9. The number of rotatable bonds is 7. The van der Waals surface area contributed by atoms with E-state index in [1.165, 1.54) is 26.2 Å². The summed E-state index contributed by atoms with van der Waals surface area (Å²) in [7, 11) is 0. The van der Waals surface area contributed by atoms with E-state index in [9.17, 15) is 14.4 Å². The van der Waals surface area contributed by atoms with Crippen LogP contribution in [0.15, 0.2) is 30.3 Å². The molecule has 6 nitrogen and oxygen atoms in total. The lowest BCUT2D eigenvalue weighted by molar-refractivity contribution is -0.157. The van der Waals surface area contributed by atoms with Gasteiger partial charge in [-0.15, -0.1) is 0 Å². The standard InChI is InChI=1S/C24H32N2O4/c1-15(23(29)26-24-12-17-8-18(13-24)10-19(9-17)14-24)30-22(28)11-21(25-16(2)27)20-6-4-3-5-7-20/h3-7,15,17-19,21H,8-14H2,1-2H3,(H,25,27)(H,26,29)/t15-,17?,18?,19?,21-,24?/m0/s1. The molecule has 2 N–H and O–H groups in total. The maximum absolute atomic E-state index is 12.8. The highest BCUT2D eigenvalue weighted by Gasteiger charge is 2.51. The molecule has 4 aliphatic rings. The zero-order chi connectivity index (χ0) is 21.3. The molecule has 4 fully saturated rings. The van der Waals surface area contributed by atoms with Gasteiger partial charge in [-0.3, -0.25) is 14.4 Å². The number of hydrogen-bond donors (Lipinski definition) is 2. The van der Waals surface area contributed by atoms with Gasteiger partial charge in [-0.1, -0.05) is 30.3 Å². The van der Waals surface area contributed by atoms with Crippen LogP contribution in [0.4, 0.5) is 0 Å². The Morgan fingerprint density at radius 1 is 1.03 bits per heavy atom. The van der Waals surface area contributed by atoms with E-state index < -0.39 is 18.1 Å². The van der Waals surface area contributed by atoms with E-state index in [4.69, 9.17) is 4.74 Å². The van der Waals surface area contributed by atoms with Crippen LogP contribution in [0, 0.1) is 17.8 Å². The van der Waals surface area contributed by atoms with Crippen molar-refractivity contribution >= 4 is 17.8 Å². The van der Waals surface area contributed by atoms with E-state index >= 15 is 0 Å². The average molecular weight is 413 g/mol. The highest BCUT2D eigenvalue weighted by Crippen LogP contribution is 2.55. The molecule has 4 bridgehead atoms. The van der Waals surface area contributed by atoms with E-state index in [1.54, 1.807) is 6.92 Å². The molecule has 2 amide bonds. The number of carbonyl (C=O) groups excluding carboxylic acids is 3. The van der Waals surface area contributed by atoms with E-state index in [2.05, 4.69) is 10.6 Å². The molecular weight excluding hydrogens is 380 g/mol. The number of nitrogens with one attached hydrogen (secondary N) is 2. The maximum atomic E-state index is 12.8. The van der Waals surface area contributed by atoms with Gasteiger partial charge in [0.05, 0.1) is 12.5 Å². The number of esters is 1. The molecule has 0 spiro atoms. The largest absolute Gasteiger partial charge is 0.452 e. The van der Waals surface area contributed by atoms with Crippen molar-refractivity contribution in [1.82, 2.24) is 10.6 Å². The van der Waals surface area contributed by atoms with Gasteiger partial charge >= 0.3 is 5.97 Å². The second-order valence-corrected chi connectivity index (χ2v) is 9.69. The van der Waals surface area contributed by atoms with E-state index in [0.29, 0.717) is 0 Å². The molecule has 0 heterocycles. The Bertz CT molecular complexity index is 771. The zero-order valence-electron chi connectivity index (χ0n) is 17.9. The Morgan fingerprint density at radius 2 is 1.60 bits per heavy atom. The number of ether oxygens (including phenoxy) is 1. The second-order valence-electron chi connectivity index (χ2n) is 9.69. The average Bonchev–Trinajstić information content (AvgIpc) is 2.66. The minimum Gasteiger partial charge on any atom is -0.452 e. The number of hydrogen-bond acceptors (Lipinski definition) is 4. The van der Waals surface area contributed by atoms with Gasteiger partial charge in [0.25, 0.3) is 5.91 Å². The summed E-state index contributed by atoms with van der Waals surface area (Å²) in [6.07, 6.45) is 6.24. The fourth-order valence-corrected chi connectivity index (χ4v) is 6.28. The molecule has 0 aromatic heterocycles. The SMILES string of the molecule is CC(=O)N[C@@H](CC(=O)O[C@@H](C)C(=O)NC12CC3CC(CC(C3)C1)C2)c1ccccc1. The summed E-state index contributed by atoms with van der Waals surface area (Å²) < 4.78 is 5.46. The molecule has 0 saturated heterocycles. The summed E-state index contributed by atoms with van der Waals surface area (Å²) in [5.41, 5.74) is 0.727. The van der Waals surface area contributed by atoms with Gasteiger partial charge in [-0.2, -0.15) is 0 Å². The molecule has 4 saturated carbocycles. The van der Waals surface area contributed by atoms with E-state index in [0.717, 1.165) is 42.6 Å². The molecule has 30 heavy (non-hydrogen) atoms. The highest BCUT2D eigenvalue weighted by atomic mass is 16.5. The van der Waals surface area contributed by atoms with Gasteiger partial charge in [0.2, 0.25) is 5.91 Å². The molecule has 4 aliphatic carbocycles. The number of amides is 2. The molecule has 2 atom stereocenters. The van der Waals surface area contributed by atoms with Crippen LogP contribution in [-0.2, 0) is 19.1 Å². The minimum atomic E-state index is -0.848. The third-order valence-corrected chi connectivity index (χ3v) is 7.05. The third kappa shape index (κ3) is 4.68. The van der Waals surface area contributed by atoms with Gasteiger partial charge < -0.3 is 15.4 Å².